The molecule has 0 aliphatic rings. The molecule has 3 rings (SSSR count). The topological polar surface area (TPSA) is 80.0 Å². The molecule has 0 atom stereocenters. The quantitative estimate of drug-likeness (QED) is 0.293. The van der Waals surface area contributed by atoms with Crippen LogP contribution in [0.3, 0.4) is 0 Å². The summed E-state index contributed by atoms with van der Waals surface area (Å²) in [6, 6.07) is 6.08. The van der Waals surface area contributed by atoms with Crippen molar-refractivity contribution in [3.05, 3.63) is 56.9 Å². The lowest BCUT2D eigenvalue weighted by Crippen LogP contribution is -2.37. The first kappa shape index (κ1) is 23.3. The fourth-order valence-corrected chi connectivity index (χ4v) is 3.78. The van der Waals surface area contributed by atoms with Crippen LogP contribution in [0, 0.1) is 27.7 Å². The molecule has 0 spiro atoms. The fraction of sp³-hybridized carbons (Fsp3) is 0.400. The molecule has 0 unspecified atom stereocenters. The number of aryl methyl sites for hydroxylation is 4. The molecule has 0 saturated carbocycles. The lowest BCUT2D eigenvalue weighted by atomic mass is 10.3. The molecule has 9 heteroatoms. The lowest BCUT2D eigenvalue weighted by molar-refractivity contribution is 0.782. The summed E-state index contributed by atoms with van der Waals surface area (Å²) in [6.07, 6.45) is 2.76. The van der Waals surface area contributed by atoms with Crippen LogP contribution >= 0.6 is 35.3 Å². The summed E-state index contributed by atoms with van der Waals surface area (Å²) >= 11 is 1.76. The maximum atomic E-state index is 4.57. The molecule has 0 fully saturated rings. The zero-order valence-corrected chi connectivity index (χ0v) is 20.6. The maximum Gasteiger partial charge on any atom is 0.191 e. The van der Waals surface area contributed by atoms with E-state index in [1.54, 1.807) is 18.4 Å². The summed E-state index contributed by atoms with van der Waals surface area (Å²) in [7, 11) is 1.77. The van der Waals surface area contributed by atoms with Crippen molar-refractivity contribution in [1.82, 2.24) is 30.4 Å². The second-order valence-electron chi connectivity index (χ2n) is 6.72. The normalized spacial score (nSPS) is 11.3. The van der Waals surface area contributed by atoms with Crippen LogP contribution in [0.1, 0.15) is 32.5 Å². The second-order valence-corrected chi connectivity index (χ2v) is 8.00. The van der Waals surface area contributed by atoms with Gasteiger partial charge in [0, 0.05) is 43.3 Å². The van der Waals surface area contributed by atoms with Crippen LogP contribution in [0.2, 0.25) is 0 Å². The zero-order valence-electron chi connectivity index (χ0n) is 17.5. The molecule has 3 heterocycles. The lowest BCUT2D eigenvalue weighted by Gasteiger charge is -2.11. The van der Waals surface area contributed by atoms with Gasteiger partial charge in [0.05, 0.1) is 16.4 Å². The van der Waals surface area contributed by atoms with Gasteiger partial charge in [-0.2, -0.15) is 5.10 Å². The Morgan fingerprint density at radius 2 is 1.97 bits per heavy atom. The standard InChI is InChI=1S/C20H27N7S.HI/c1-13-10-14(2)27(26-13)18-7-6-17(11-23-18)12-24-20(21-5)22-9-8-19-25-15(3)16(4)28-19;/h6-7,10-11H,8-9,12H2,1-5H3,(H2,21,22,24);1H. The number of nitrogens with zero attached hydrogens (tertiary/aromatic N) is 5. The Morgan fingerprint density at radius 3 is 2.52 bits per heavy atom. The van der Waals surface area contributed by atoms with Crippen molar-refractivity contribution in [2.45, 2.75) is 40.7 Å². The minimum absolute atomic E-state index is 0. The SMILES string of the molecule is CN=C(NCCc1nc(C)c(C)s1)NCc1ccc(-n2nc(C)cc2C)nc1.I. The molecular formula is C20H28IN7S. The van der Waals surface area contributed by atoms with E-state index in [-0.39, 0.29) is 24.0 Å². The van der Waals surface area contributed by atoms with Crippen molar-refractivity contribution in [2.24, 2.45) is 4.99 Å². The average Bonchev–Trinajstić information content (AvgIpc) is 3.18. The van der Waals surface area contributed by atoms with Crippen LogP contribution in [-0.4, -0.2) is 39.3 Å². The van der Waals surface area contributed by atoms with E-state index in [1.807, 2.05) is 36.9 Å². The molecule has 29 heavy (non-hydrogen) atoms. The van der Waals surface area contributed by atoms with Gasteiger partial charge in [-0.25, -0.2) is 14.6 Å². The van der Waals surface area contributed by atoms with Crippen molar-refractivity contribution < 1.29 is 0 Å². The highest BCUT2D eigenvalue weighted by atomic mass is 127. The van der Waals surface area contributed by atoms with Crippen molar-refractivity contribution in [1.29, 1.82) is 0 Å². The van der Waals surface area contributed by atoms with Crippen LogP contribution in [0.15, 0.2) is 29.4 Å². The summed E-state index contributed by atoms with van der Waals surface area (Å²) < 4.78 is 1.86. The Bertz CT molecular complexity index is 940. The number of nitrogens with one attached hydrogen (secondary N) is 2. The first-order valence-electron chi connectivity index (χ1n) is 9.32. The number of guanidine groups is 1. The number of halogens is 1. The van der Waals surface area contributed by atoms with E-state index in [9.17, 15) is 0 Å². The Balaban J connectivity index is 0.00000300. The van der Waals surface area contributed by atoms with Gasteiger partial charge in [-0.05, 0) is 45.4 Å². The van der Waals surface area contributed by atoms with Gasteiger partial charge in [0.1, 0.15) is 0 Å². The molecule has 0 radical (unpaired) electrons. The Labute approximate surface area is 193 Å². The van der Waals surface area contributed by atoms with Crippen LogP contribution in [0.5, 0.6) is 0 Å². The largest absolute Gasteiger partial charge is 0.356 e. The van der Waals surface area contributed by atoms with Crippen molar-refractivity contribution in [3.63, 3.8) is 0 Å². The molecular weight excluding hydrogens is 497 g/mol. The summed E-state index contributed by atoms with van der Waals surface area (Å²) in [6.45, 7) is 9.62. The molecule has 2 N–H and O–H groups in total. The maximum absolute atomic E-state index is 4.57. The van der Waals surface area contributed by atoms with E-state index in [0.29, 0.717) is 6.54 Å². The van der Waals surface area contributed by atoms with E-state index in [4.69, 9.17) is 0 Å². The van der Waals surface area contributed by atoms with E-state index >= 15 is 0 Å². The molecule has 3 aromatic rings. The fourth-order valence-electron chi connectivity index (χ4n) is 2.85. The Hall–Kier alpha value is -2.01. The molecule has 0 aliphatic heterocycles. The van der Waals surface area contributed by atoms with Crippen molar-refractivity contribution in [2.75, 3.05) is 13.6 Å². The van der Waals surface area contributed by atoms with Gasteiger partial charge in [0.2, 0.25) is 0 Å². The smallest absolute Gasteiger partial charge is 0.191 e. The third kappa shape index (κ3) is 6.23. The van der Waals surface area contributed by atoms with Gasteiger partial charge >= 0.3 is 0 Å². The second kappa shape index (κ2) is 10.7. The van der Waals surface area contributed by atoms with Crippen LogP contribution in [0.4, 0.5) is 0 Å². The van der Waals surface area contributed by atoms with Gasteiger partial charge in [-0.15, -0.1) is 35.3 Å². The average molecular weight is 525 g/mol. The highest BCUT2D eigenvalue weighted by Gasteiger charge is 2.06. The number of hydrogen-bond acceptors (Lipinski definition) is 5. The van der Waals surface area contributed by atoms with Crippen molar-refractivity contribution >= 4 is 41.3 Å². The third-order valence-corrected chi connectivity index (χ3v) is 5.56. The minimum Gasteiger partial charge on any atom is -0.356 e. The predicted molar refractivity (Wildman–Crippen MR) is 130 cm³/mol. The molecule has 7 nitrogen and oxygen atoms in total. The number of thiazole rings is 1. The van der Waals surface area contributed by atoms with Crippen LogP contribution in [-0.2, 0) is 13.0 Å². The number of aliphatic imine (C=N–C) groups is 1. The molecule has 0 bridgehead atoms. The van der Waals surface area contributed by atoms with E-state index in [0.717, 1.165) is 52.4 Å². The van der Waals surface area contributed by atoms with Crippen LogP contribution < -0.4 is 10.6 Å². The summed E-state index contributed by atoms with van der Waals surface area (Å²) in [5.41, 5.74) is 4.27. The molecule has 3 aromatic heterocycles. The van der Waals surface area contributed by atoms with E-state index in [2.05, 4.69) is 50.6 Å². The van der Waals surface area contributed by atoms with E-state index < -0.39 is 0 Å². The monoisotopic (exact) mass is 525 g/mol. The molecule has 156 valence electrons. The van der Waals surface area contributed by atoms with Gasteiger partial charge in [-0.3, -0.25) is 4.99 Å². The molecule has 0 amide bonds. The predicted octanol–water partition coefficient (Wildman–Crippen LogP) is 3.48. The van der Waals surface area contributed by atoms with E-state index in [1.165, 1.54) is 4.88 Å². The number of pyridine rings is 1. The number of rotatable bonds is 6. The van der Waals surface area contributed by atoms with Crippen molar-refractivity contribution in [3.8, 4) is 5.82 Å². The first-order chi connectivity index (χ1) is 13.5. The summed E-state index contributed by atoms with van der Waals surface area (Å²) in [5.74, 6) is 1.60. The minimum atomic E-state index is 0. The Kier molecular flexibility index (Phi) is 8.57. The first-order valence-corrected chi connectivity index (χ1v) is 10.1. The zero-order chi connectivity index (χ0) is 20.1. The van der Waals surface area contributed by atoms with Gasteiger partial charge in [0.15, 0.2) is 11.8 Å². The molecule has 0 aromatic carbocycles. The van der Waals surface area contributed by atoms with Crippen LogP contribution in [0.25, 0.3) is 5.82 Å². The van der Waals surface area contributed by atoms with Gasteiger partial charge in [-0.1, -0.05) is 6.07 Å². The summed E-state index contributed by atoms with van der Waals surface area (Å²) in [4.78, 5) is 14.7. The summed E-state index contributed by atoms with van der Waals surface area (Å²) in [5, 5.41) is 12.3. The molecule has 0 saturated heterocycles. The number of hydrogen-bond donors (Lipinski definition) is 2. The Morgan fingerprint density at radius 1 is 1.17 bits per heavy atom. The highest BCUT2D eigenvalue weighted by molar-refractivity contribution is 14.0. The number of aromatic nitrogens is 4. The highest BCUT2D eigenvalue weighted by Crippen LogP contribution is 2.16. The van der Waals surface area contributed by atoms with Gasteiger partial charge in [0.25, 0.3) is 0 Å². The third-order valence-electron chi connectivity index (χ3n) is 4.42. The van der Waals surface area contributed by atoms with Gasteiger partial charge < -0.3 is 10.6 Å². The molecule has 0 aliphatic carbocycles.